The van der Waals surface area contributed by atoms with Gasteiger partial charge in [0.25, 0.3) is 5.91 Å². The van der Waals surface area contributed by atoms with Crippen LogP contribution in [0.3, 0.4) is 0 Å². The molecule has 1 aromatic heterocycles. The van der Waals surface area contributed by atoms with Crippen molar-refractivity contribution in [3.8, 4) is 0 Å². The number of ether oxygens (including phenoxy) is 1. The van der Waals surface area contributed by atoms with Gasteiger partial charge in [-0.05, 0) is 49.1 Å². The van der Waals surface area contributed by atoms with Crippen LogP contribution >= 0.6 is 11.6 Å². The number of carbonyl (C=O) groups excluding carboxylic acids is 1. The third-order valence-corrected chi connectivity index (χ3v) is 4.42. The summed E-state index contributed by atoms with van der Waals surface area (Å²) in [5, 5.41) is 6.86. The van der Waals surface area contributed by atoms with Crippen LogP contribution in [0.4, 0.5) is 5.82 Å². The molecule has 0 bridgehead atoms. The molecule has 1 amide bonds. The summed E-state index contributed by atoms with van der Waals surface area (Å²) in [6.07, 6.45) is 4.82. The number of nitrogens with one attached hydrogen (secondary N) is 2. The molecule has 2 aromatic rings. The van der Waals surface area contributed by atoms with Crippen LogP contribution in [0.25, 0.3) is 0 Å². The van der Waals surface area contributed by atoms with Gasteiger partial charge in [-0.15, -0.1) is 0 Å². The van der Waals surface area contributed by atoms with Gasteiger partial charge < -0.3 is 15.4 Å². The Labute approximate surface area is 152 Å². The van der Waals surface area contributed by atoms with E-state index in [9.17, 15) is 4.79 Å². The third kappa shape index (κ3) is 5.44. The van der Waals surface area contributed by atoms with Crippen molar-refractivity contribution in [2.45, 2.75) is 25.4 Å². The lowest BCUT2D eigenvalue weighted by molar-refractivity contribution is 0.0953. The van der Waals surface area contributed by atoms with E-state index in [1.165, 1.54) is 0 Å². The Balaban J connectivity index is 1.42. The Hall–Kier alpha value is -2.11. The Morgan fingerprint density at radius 3 is 2.76 bits per heavy atom. The third-order valence-electron chi connectivity index (χ3n) is 4.17. The first-order chi connectivity index (χ1) is 12.2. The molecule has 1 atom stereocenters. The lowest BCUT2D eigenvalue weighted by Gasteiger charge is -2.11. The first kappa shape index (κ1) is 17.7. The first-order valence-corrected chi connectivity index (χ1v) is 8.93. The second-order valence-electron chi connectivity index (χ2n) is 6.08. The SMILES string of the molecule is O=C(NCCc1ccc(Cl)cc1)c1ccc(NCC2CCCO2)nc1. The van der Waals surface area contributed by atoms with E-state index in [0.717, 1.165) is 43.8 Å². The first-order valence-electron chi connectivity index (χ1n) is 8.55. The molecule has 1 saturated heterocycles. The predicted molar refractivity (Wildman–Crippen MR) is 99.2 cm³/mol. The normalized spacial score (nSPS) is 16.6. The number of pyridine rings is 1. The molecule has 2 heterocycles. The number of hydrogen-bond acceptors (Lipinski definition) is 4. The van der Waals surface area contributed by atoms with Crippen LogP contribution in [0.5, 0.6) is 0 Å². The zero-order chi connectivity index (χ0) is 17.5. The van der Waals surface area contributed by atoms with Gasteiger partial charge in [-0.1, -0.05) is 23.7 Å². The molecular weight excluding hydrogens is 338 g/mol. The molecule has 3 rings (SSSR count). The van der Waals surface area contributed by atoms with Crippen molar-refractivity contribution in [3.05, 3.63) is 58.7 Å². The molecule has 1 unspecified atom stereocenters. The van der Waals surface area contributed by atoms with Gasteiger partial charge >= 0.3 is 0 Å². The number of anilines is 1. The minimum atomic E-state index is -0.118. The molecule has 0 spiro atoms. The van der Waals surface area contributed by atoms with E-state index in [1.54, 1.807) is 12.3 Å². The molecule has 1 aromatic carbocycles. The van der Waals surface area contributed by atoms with Crippen LogP contribution in [-0.4, -0.2) is 36.7 Å². The number of amides is 1. The van der Waals surface area contributed by atoms with Crippen molar-refractivity contribution in [1.82, 2.24) is 10.3 Å². The zero-order valence-electron chi connectivity index (χ0n) is 14.0. The number of nitrogens with zero attached hydrogens (tertiary/aromatic N) is 1. The van der Waals surface area contributed by atoms with Gasteiger partial charge in [0.1, 0.15) is 5.82 Å². The number of benzene rings is 1. The molecule has 25 heavy (non-hydrogen) atoms. The van der Waals surface area contributed by atoms with E-state index in [4.69, 9.17) is 16.3 Å². The average molecular weight is 360 g/mol. The number of aromatic nitrogens is 1. The zero-order valence-corrected chi connectivity index (χ0v) is 14.8. The summed E-state index contributed by atoms with van der Waals surface area (Å²) in [5.41, 5.74) is 1.69. The highest BCUT2D eigenvalue weighted by Gasteiger charge is 2.15. The minimum Gasteiger partial charge on any atom is -0.376 e. The van der Waals surface area contributed by atoms with Gasteiger partial charge in [0.05, 0.1) is 11.7 Å². The van der Waals surface area contributed by atoms with Gasteiger partial charge in [-0.2, -0.15) is 0 Å². The summed E-state index contributed by atoms with van der Waals surface area (Å²) < 4.78 is 5.56. The summed E-state index contributed by atoms with van der Waals surface area (Å²) in [6, 6.07) is 11.2. The van der Waals surface area contributed by atoms with E-state index in [2.05, 4.69) is 15.6 Å². The fourth-order valence-electron chi connectivity index (χ4n) is 2.73. The Bertz CT molecular complexity index is 683. The molecular formula is C19H22ClN3O2. The monoisotopic (exact) mass is 359 g/mol. The van der Waals surface area contributed by atoms with Gasteiger partial charge in [0.2, 0.25) is 0 Å². The van der Waals surface area contributed by atoms with Crippen molar-refractivity contribution in [2.75, 3.05) is 25.0 Å². The molecule has 5 nitrogen and oxygen atoms in total. The van der Waals surface area contributed by atoms with Gasteiger partial charge in [0, 0.05) is 30.9 Å². The summed E-state index contributed by atoms with van der Waals surface area (Å²) in [7, 11) is 0. The minimum absolute atomic E-state index is 0.118. The topological polar surface area (TPSA) is 63.2 Å². The molecule has 132 valence electrons. The van der Waals surface area contributed by atoms with E-state index in [-0.39, 0.29) is 12.0 Å². The molecule has 2 N–H and O–H groups in total. The molecule has 1 aliphatic heterocycles. The molecule has 0 aliphatic carbocycles. The Kier molecular flexibility index (Phi) is 6.25. The van der Waals surface area contributed by atoms with Gasteiger partial charge in [-0.3, -0.25) is 4.79 Å². The average Bonchev–Trinajstić information content (AvgIpc) is 3.15. The summed E-state index contributed by atoms with van der Waals surface area (Å²) >= 11 is 5.86. The molecule has 0 radical (unpaired) electrons. The molecule has 1 fully saturated rings. The standard InChI is InChI=1S/C19H22ClN3O2/c20-16-6-3-14(4-7-16)9-10-21-19(24)15-5-8-18(22-12-15)23-13-17-2-1-11-25-17/h3-8,12,17H,1-2,9-11,13H2,(H,21,24)(H,22,23). The van der Waals surface area contributed by atoms with E-state index < -0.39 is 0 Å². The number of halogens is 1. The predicted octanol–water partition coefficient (Wildman–Crippen LogP) is 3.30. The fourth-order valence-corrected chi connectivity index (χ4v) is 2.86. The smallest absolute Gasteiger partial charge is 0.252 e. The van der Waals surface area contributed by atoms with Crippen molar-refractivity contribution in [2.24, 2.45) is 0 Å². The van der Waals surface area contributed by atoms with Crippen LogP contribution in [0.1, 0.15) is 28.8 Å². The summed E-state index contributed by atoms with van der Waals surface area (Å²) in [5.74, 6) is 0.639. The van der Waals surface area contributed by atoms with Crippen LogP contribution in [0, 0.1) is 0 Å². The highest BCUT2D eigenvalue weighted by molar-refractivity contribution is 6.30. The maximum atomic E-state index is 12.2. The Morgan fingerprint density at radius 2 is 2.08 bits per heavy atom. The van der Waals surface area contributed by atoms with Gasteiger partial charge in [0.15, 0.2) is 0 Å². The lowest BCUT2D eigenvalue weighted by Crippen LogP contribution is -2.26. The number of carbonyl (C=O) groups is 1. The van der Waals surface area contributed by atoms with Crippen molar-refractivity contribution >= 4 is 23.3 Å². The summed E-state index contributed by atoms with van der Waals surface area (Å²) in [6.45, 7) is 2.16. The van der Waals surface area contributed by atoms with Crippen molar-refractivity contribution < 1.29 is 9.53 Å². The number of hydrogen-bond donors (Lipinski definition) is 2. The van der Waals surface area contributed by atoms with Crippen LogP contribution < -0.4 is 10.6 Å². The second kappa shape index (κ2) is 8.83. The van der Waals surface area contributed by atoms with Crippen LogP contribution in [0.15, 0.2) is 42.6 Å². The van der Waals surface area contributed by atoms with E-state index in [1.807, 2.05) is 30.3 Å². The molecule has 6 heteroatoms. The molecule has 0 saturated carbocycles. The van der Waals surface area contributed by atoms with Crippen molar-refractivity contribution in [1.29, 1.82) is 0 Å². The Morgan fingerprint density at radius 1 is 1.24 bits per heavy atom. The maximum Gasteiger partial charge on any atom is 0.252 e. The second-order valence-corrected chi connectivity index (χ2v) is 6.52. The maximum absolute atomic E-state index is 12.2. The quantitative estimate of drug-likeness (QED) is 0.796. The van der Waals surface area contributed by atoms with Gasteiger partial charge in [-0.25, -0.2) is 4.98 Å². The number of rotatable bonds is 7. The van der Waals surface area contributed by atoms with Crippen LogP contribution in [-0.2, 0) is 11.2 Å². The van der Waals surface area contributed by atoms with Crippen LogP contribution in [0.2, 0.25) is 5.02 Å². The fraction of sp³-hybridized carbons (Fsp3) is 0.368. The van der Waals surface area contributed by atoms with E-state index >= 15 is 0 Å². The van der Waals surface area contributed by atoms with E-state index in [0.29, 0.717) is 17.1 Å². The molecule has 1 aliphatic rings. The highest BCUT2D eigenvalue weighted by Crippen LogP contribution is 2.13. The van der Waals surface area contributed by atoms with Crippen molar-refractivity contribution in [3.63, 3.8) is 0 Å². The highest BCUT2D eigenvalue weighted by atomic mass is 35.5. The largest absolute Gasteiger partial charge is 0.376 e. The summed E-state index contributed by atoms with van der Waals surface area (Å²) in [4.78, 5) is 16.4. The lowest BCUT2D eigenvalue weighted by atomic mass is 10.1.